The van der Waals surface area contributed by atoms with Gasteiger partial charge >= 0.3 is 0 Å². The van der Waals surface area contributed by atoms with Crippen LogP contribution in [0.3, 0.4) is 0 Å². The van der Waals surface area contributed by atoms with Crippen LogP contribution in [-0.2, 0) is 11.3 Å². The van der Waals surface area contributed by atoms with Gasteiger partial charge in [0.25, 0.3) is 0 Å². The summed E-state index contributed by atoms with van der Waals surface area (Å²) < 4.78 is 10.6. The van der Waals surface area contributed by atoms with Gasteiger partial charge in [0.2, 0.25) is 11.4 Å². The van der Waals surface area contributed by atoms with Gasteiger partial charge in [-0.2, -0.15) is 0 Å². The first kappa shape index (κ1) is 14.7. The number of likely N-dealkylation sites (tertiary alicyclic amines) is 1. The Morgan fingerprint density at radius 2 is 2.13 bits per heavy atom. The molecule has 2 aliphatic rings. The monoisotopic (exact) mass is 315 g/mol. The van der Waals surface area contributed by atoms with E-state index in [0.717, 1.165) is 43.7 Å². The van der Waals surface area contributed by atoms with Crippen molar-refractivity contribution in [2.24, 2.45) is 5.92 Å². The number of hydrogen-bond acceptors (Lipinski definition) is 5. The van der Waals surface area contributed by atoms with Crippen molar-refractivity contribution in [2.45, 2.75) is 32.4 Å². The molecule has 0 unspecified atom stereocenters. The number of rotatable bonds is 3. The highest BCUT2D eigenvalue weighted by Crippen LogP contribution is 2.30. The summed E-state index contributed by atoms with van der Waals surface area (Å²) in [5, 5.41) is 16.0. The summed E-state index contributed by atoms with van der Waals surface area (Å²) in [7, 11) is 0. The molecule has 0 aliphatic carbocycles. The number of ether oxygens (including phenoxy) is 1. The quantitative estimate of drug-likeness (QED) is 0.809. The van der Waals surface area contributed by atoms with Crippen molar-refractivity contribution in [2.75, 3.05) is 19.7 Å². The Bertz CT molecular complexity index is 683. The molecule has 0 amide bonds. The molecule has 2 aliphatic heterocycles. The highest BCUT2D eigenvalue weighted by molar-refractivity contribution is 5.58. The van der Waals surface area contributed by atoms with Gasteiger partial charge in [0.05, 0.1) is 12.6 Å². The molecule has 0 radical (unpaired) electrons. The molecule has 6 heteroatoms. The largest absolute Gasteiger partial charge is 0.378 e. The molecule has 2 atom stereocenters. The number of hydrogen-bond donors (Lipinski definition) is 0. The van der Waals surface area contributed by atoms with E-state index in [-0.39, 0.29) is 0 Å². The third kappa shape index (κ3) is 2.84. The maximum Gasteiger partial charge on any atom is 0.240 e. The summed E-state index contributed by atoms with van der Waals surface area (Å²) in [6, 6.07) is 7.87. The number of aryl methyl sites for hydroxylation is 1. The Kier molecular flexibility index (Phi) is 3.79. The molecule has 23 heavy (non-hydrogen) atoms. The summed E-state index contributed by atoms with van der Waals surface area (Å²) in [6.07, 6.45) is 2.61. The van der Waals surface area contributed by atoms with Gasteiger partial charge in [0, 0.05) is 36.3 Å². The van der Waals surface area contributed by atoms with E-state index >= 15 is 0 Å². The minimum Gasteiger partial charge on any atom is -0.378 e. The molecule has 3 heterocycles. The van der Waals surface area contributed by atoms with E-state index in [1.807, 2.05) is 31.2 Å². The molecule has 2 saturated heterocycles. The molecule has 2 fully saturated rings. The van der Waals surface area contributed by atoms with E-state index in [9.17, 15) is 5.21 Å². The van der Waals surface area contributed by atoms with Gasteiger partial charge in [0.1, 0.15) is 0 Å². The van der Waals surface area contributed by atoms with Crippen LogP contribution in [0.15, 0.2) is 28.9 Å². The molecular weight excluding hydrogens is 294 g/mol. The van der Waals surface area contributed by atoms with Crippen molar-refractivity contribution in [3.8, 4) is 11.3 Å². The second-order valence-corrected chi connectivity index (χ2v) is 6.57. The fraction of sp³-hybridized carbons (Fsp3) is 0.529. The van der Waals surface area contributed by atoms with Crippen LogP contribution < -0.4 is 4.90 Å². The van der Waals surface area contributed by atoms with Gasteiger partial charge in [-0.25, -0.2) is 0 Å². The Hall–Kier alpha value is -1.92. The molecule has 4 rings (SSSR count). The van der Waals surface area contributed by atoms with Gasteiger partial charge in [-0.15, -0.1) is 0 Å². The Labute approximate surface area is 135 Å². The van der Waals surface area contributed by atoms with Gasteiger partial charge in [-0.1, -0.05) is 29.8 Å². The molecule has 2 aromatic rings. The van der Waals surface area contributed by atoms with E-state index < -0.39 is 0 Å². The van der Waals surface area contributed by atoms with Gasteiger partial charge in [-0.05, 0) is 24.7 Å². The average molecular weight is 315 g/mol. The Morgan fingerprint density at radius 1 is 1.30 bits per heavy atom. The van der Waals surface area contributed by atoms with Gasteiger partial charge in [-0.3, -0.25) is 9.53 Å². The third-order valence-electron chi connectivity index (χ3n) is 4.95. The molecule has 0 saturated carbocycles. The van der Waals surface area contributed by atoms with E-state index in [2.05, 4.69) is 10.1 Å². The third-order valence-corrected chi connectivity index (χ3v) is 4.95. The standard InChI is InChI=1S/C17H21N3O3/c1-12-2-4-13(5-3-12)17-15(18-23-20(17)21)11-19-8-6-16-14(10-19)7-9-22-16/h2-5,14,16H,6-11H2,1H3/t14-,16+/m1/s1. The number of nitrogens with zero attached hydrogens (tertiary/aromatic N) is 3. The minimum absolute atomic E-state index is 0.421. The lowest BCUT2D eigenvalue weighted by atomic mass is 9.94. The molecule has 0 spiro atoms. The summed E-state index contributed by atoms with van der Waals surface area (Å²) >= 11 is 0. The predicted octanol–water partition coefficient (Wildman–Crippen LogP) is 1.89. The molecule has 0 bridgehead atoms. The Morgan fingerprint density at radius 3 is 2.96 bits per heavy atom. The van der Waals surface area contributed by atoms with E-state index in [0.29, 0.717) is 34.9 Å². The van der Waals surface area contributed by atoms with Crippen molar-refractivity contribution >= 4 is 0 Å². The summed E-state index contributed by atoms with van der Waals surface area (Å²) in [5.41, 5.74) is 3.24. The van der Waals surface area contributed by atoms with Crippen molar-refractivity contribution in [3.63, 3.8) is 0 Å². The predicted molar refractivity (Wildman–Crippen MR) is 83.4 cm³/mol. The second kappa shape index (κ2) is 5.94. The van der Waals surface area contributed by atoms with Crippen molar-refractivity contribution in [1.82, 2.24) is 10.1 Å². The fourth-order valence-electron chi connectivity index (χ4n) is 3.67. The zero-order valence-corrected chi connectivity index (χ0v) is 13.3. The highest BCUT2D eigenvalue weighted by atomic mass is 16.8. The lowest BCUT2D eigenvalue weighted by molar-refractivity contribution is -0.793. The number of fused-ring (bicyclic) bond motifs is 1. The number of benzene rings is 1. The van der Waals surface area contributed by atoms with E-state index in [4.69, 9.17) is 9.37 Å². The fourth-order valence-corrected chi connectivity index (χ4v) is 3.67. The lowest BCUT2D eigenvalue weighted by Gasteiger charge is -2.33. The first-order valence-electron chi connectivity index (χ1n) is 8.20. The van der Waals surface area contributed by atoms with Crippen molar-refractivity contribution in [3.05, 3.63) is 40.7 Å². The van der Waals surface area contributed by atoms with Crippen LogP contribution in [-0.4, -0.2) is 35.9 Å². The first-order chi connectivity index (χ1) is 11.2. The SMILES string of the molecule is Cc1ccc(-c2c(CN3CC[C@@H]4OCC[C@@H]4C3)no[n+]2[O-])cc1. The van der Waals surface area contributed by atoms with Crippen LogP contribution in [0.1, 0.15) is 24.1 Å². The molecular formula is C17H21N3O3. The number of piperidine rings is 1. The zero-order chi connectivity index (χ0) is 15.8. The second-order valence-electron chi connectivity index (χ2n) is 6.57. The van der Waals surface area contributed by atoms with Gasteiger partial charge in [0.15, 0.2) is 0 Å². The lowest BCUT2D eigenvalue weighted by Crippen LogP contribution is -2.41. The molecule has 1 aromatic heterocycles. The zero-order valence-electron chi connectivity index (χ0n) is 13.3. The average Bonchev–Trinajstić information content (AvgIpc) is 3.15. The molecule has 1 aromatic carbocycles. The maximum absolute atomic E-state index is 12.0. The van der Waals surface area contributed by atoms with Crippen molar-refractivity contribution < 1.29 is 14.3 Å². The smallest absolute Gasteiger partial charge is 0.240 e. The minimum atomic E-state index is 0.421. The highest BCUT2D eigenvalue weighted by Gasteiger charge is 2.35. The van der Waals surface area contributed by atoms with Gasteiger partial charge < -0.3 is 9.94 Å². The Balaban J connectivity index is 1.54. The van der Waals surface area contributed by atoms with Crippen LogP contribution in [0.5, 0.6) is 0 Å². The van der Waals surface area contributed by atoms with Crippen LogP contribution in [0.2, 0.25) is 0 Å². The van der Waals surface area contributed by atoms with E-state index in [1.165, 1.54) is 0 Å². The summed E-state index contributed by atoms with van der Waals surface area (Å²) in [5.74, 6) is 0.609. The number of aromatic nitrogens is 2. The van der Waals surface area contributed by atoms with Crippen LogP contribution in [0.4, 0.5) is 0 Å². The maximum atomic E-state index is 12.0. The summed E-state index contributed by atoms with van der Waals surface area (Å²) in [6.45, 7) is 5.52. The van der Waals surface area contributed by atoms with Crippen LogP contribution >= 0.6 is 0 Å². The topological polar surface area (TPSA) is 65.4 Å². The van der Waals surface area contributed by atoms with E-state index in [1.54, 1.807) is 0 Å². The van der Waals surface area contributed by atoms with Crippen LogP contribution in [0, 0.1) is 18.0 Å². The van der Waals surface area contributed by atoms with Crippen LogP contribution in [0.25, 0.3) is 11.3 Å². The normalized spacial score (nSPS) is 24.7. The van der Waals surface area contributed by atoms with Crippen molar-refractivity contribution in [1.29, 1.82) is 0 Å². The molecule has 122 valence electrons. The molecule has 0 N–H and O–H groups in total. The summed E-state index contributed by atoms with van der Waals surface area (Å²) in [4.78, 5) is 2.87. The molecule has 6 nitrogen and oxygen atoms in total. The first-order valence-corrected chi connectivity index (χ1v) is 8.20.